The molecule has 6 N–H and O–H groups in total. The molecular formula is C34H46N2O14S4. The fourth-order valence-corrected chi connectivity index (χ4v) is 8.74. The molecule has 3 rings (SSSR count). The molecule has 0 fully saturated rings. The third kappa shape index (κ3) is 11.6. The Morgan fingerprint density at radius 2 is 1.41 bits per heavy atom. The molecule has 0 saturated carbocycles. The van der Waals surface area contributed by atoms with Crippen molar-refractivity contribution in [3.8, 4) is 0 Å². The minimum Gasteiger partial charge on any atom is -0.395 e. The molecule has 1 aliphatic rings. The first-order valence-corrected chi connectivity index (χ1v) is 22.7. The molecule has 1 heterocycles. The Morgan fingerprint density at radius 1 is 0.815 bits per heavy atom. The van der Waals surface area contributed by atoms with Crippen LogP contribution in [0.5, 0.6) is 0 Å². The number of anilines is 1. The number of hydrogen-bond acceptors (Lipinski definition) is 12. The van der Waals surface area contributed by atoms with E-state index >= 15 is 0 Å². The van der Waals surface area contributed by atoms with E-state index in [1.807, 2.05) is 0 Å². The zero-order valence-electron chi connectivity index (χ0n) is 29.9. The topological polar surface area (TPSA) is 274 Å². The molecule has 0 aromatic heterocycles. The summed E-state index contributed by atoms with van der Waals surface area (Å²) in [6.45, 7) is 4.40. The Kier molecular flexibility index (Phi) is 14.7. The lowest BCUT2D eigenvalue weighted by molar-refractivity contribution is 0.303. The van der Waals surface area contributed by atoms with Crippen molar-refractivity contribution in [2.75, 3.05) is 42.7 Å². The number of aryl methyl sites for hydroxylation is 1. The average Bonchev–Trinajstić information content (AvgIpc) is 3.26. The second-order valence-corrected chi connectivity index (χ2v) is 19.2. The first kappa shape index (κ1) is 45.1. The molecule has 300 valence electrons. The van der Waals surface area contributed by atoms with Gasteiger partial charge >= 0.3 is 0 Å². The van der Waals surface area contributed by atoms with E-state index in [9.17, 15) is 62.1 Å². The number of aliphatic hydroxyl groups is 2. The summed E-state index contributed by atoms with van der Waals surface area (Å²) >= 11 is 0. The molecule has 54 heavy (non-hydrogen) atoms. The molecule has 2 atom stereocenters. The van der Waals surface area contributed by atoms with Gasteiger partial charge in [-0.15, -0.1) is 0 Å². The van der Waals surface area contributed by atoms with E-state index in [0.717, 1.165) is 0 Å². The Morgan fingerprint density at radius 3 is 1.98 bits per heavy atom. The maximum atomic E-state index is 12.1. The predicted octanol–water partition coefficient (Wildman–Crippen LogP) is 3.28. The van der Waals surface area contributed by atoms with Crippen LogP contribution >= 0.6 is 0 Å². The van der Waals surface area contributed by atoms with Crippen molar-refractivity contribution in [1.82, 2.24) is 0 Å². The van der Waals surface area contributed by atoms with E-state index in [2.05, 4.69) is 4.99 Å². The number of aliphatic hydroxyl groups excluding tert-OH is 2. The van der Waals surface area contributed by atoms with Crippen LogP contribution in [0.4, 0.5) is 5.69 Å². The van der Waals surface area contributed by atoms with Gasteiger partial charge in [0, 0.05) is 34.5 Å². The zero-order valence-corrected chi connectivity index (χ0v) is 33.2. The second-order valence-electron chi connectivity index (χ2n) is 13.2. The van der Waals surface area contributed by atoms with Gasteiger partial charge in [-0.25, -0.2) is 0 Å². The van der Waals surface area contributed by atoms with E-state index in [1.54, 1.807) is 56.1 Å². The highest BCUT2D eigenvalue weighted by Crippen LogP contribution is 2.51. The molecule has 0 radical (unpaired) electrons. The maximum absolute atomic E-state index is 12.1. The summed E-state index contributed by atoms with van der Waals surface area (Å²) in [6, 6.07) is 7.88. The fourth-order valence-electron chi connectivity index (χ4n) is 6.71. The Bertz CT molecular complexity index is 2270. The molecule has 0 spiro atoms. The van der Waals surface area contributed by atoms with Crippen LogP contribution < -0.4 is 4.90 Å². The molecule has 0 amide bonds. The van der Waals surface area contributed by atoms with Gasteiger partial charge in [0.2, 0.25) is 0 Å². The van der Waals surface area contributed by atoms with Crippen molar-refractivity contribution in [3.05, 3.63) is 89.2 Å². The SMILES string of the molecule is Cc1ccc(S(=O)(=O)O)cc1C(C)(CCCS(=O)(=O)O)C(/C=C/C=C/C=C1/N(CCO)c2ccc(S(=O)(=O)O)cc2C1(C)CCCS(=O)(=O)O)=NCCO. The van der Waals surface area contributed by atoms with Gasteiger partial charge < -0.3 is 15.1 Å². The summed E-state index contributed by atoms with van der Waals surface area (Å²) in [7, 11) is -18.0. The van der Waals surface area contributed by atoms with Crippen LogP contribution in [0.25, 0.3) is 0 Å². The smallest absolute Gasteiger partial charge is 0.294 e. The van der Waals surface area contributed by atoms with E-state index in [4.69, 9.17) is 0 Å². The third-order valence-electron chi connectivity index (χ3n) is 9.27. The van der Waals surface area contributed by atoms with Gasteiger partial charge in [0.05, 0.1) is 41.1 Å². The zero-order chi connectivity index (χ0) is 40.8. The highest BCUT2D eigenvalue weighted by atomic mass is 32.2. The molecule has 0 aliphatic carbocycles. The van der Waals surface area contributed by atoms with Gasteiger partial charge in [-0.1, -0.05) is 24.3 Å². The number of aliphatic imine (C=N–C) groups is 1. The molecule has 2 aromatic carbocycles. The molecule has 20 heteroatoms. The van der Waals surface area contributed by atoms with Gasteiger partial charge in [0.1, 0.15) is 0 Å². The fraction of sp³-hybridized carbons (Fsp3) is 0.441. The normalized spacial score (nSPS) is 19.2. The van der Waals surface area contributed by atoms with Crippen molar-refractivity contribution in [1.29, 1.82) is 0 Å². The number of β-amino-alcohol motifs (C(OH)–C–C–N with tert-alkyl or cyclic N) is 1. The first-order valence-electron chi connectivity index (χ1n) is 16.6. The third-order valence-corrected chi connectivity index (χ3v) is 12.6. The summed E-state index contributed by atoms with van der Waals surface area (Å²) in [5.74, 6) is -1.18. The number of fused-ring (bicyclic) bond motifs is 1. The Labute approximate surface area is 316 Å². The Hall–Kier alpha value is -3.31. The highest BCUT2D eigenvalue weighted by Gasteiger charge is 2.43. The largest absolute Gasteiger partial charge is 0.395 e. The van der Waals surface area contributed by atoms with Crippen molar-refractivity contribution >= 4 is 51.9 Å². The summed E-state index contributed by atoms with van der Waals surface area (Å²) in [5.41, 5.74) is 0.434. The molecule has 0 saturated heterocycles. The van der Waals surface area contributed by atoms with Gasteiger partial charge in [-0.3, -0.25) is 23.2 Å². The standard InChI is InChI=1S/C34H46N2O14S4/c1-25-11-12-26(53(45,46)47)23-28(25)33(2,15-7-21-51(39,40)41)31(35-17-19-37)9-5-4-6-10-32-34(3,16-8-22-52(42,43)44)29-24-27(54(48,49)50)13-14-30(29)36(32)18-20-38/h4-6,9-14,23-24,37-38H,7-8,15-22H2,1-3H3,(H,39,40,41)(H,42,43,44)(H,45,46,47)(H,48,49,50)/b6-4+,9-5+,32-10+,35-31?. The highest BCUT2D eigenvalue weighted by molar-refractivity contribution is 7.86. The molecule has 1 aliphatic heterocycles. The van der Waals surface area contributed by atoms with Crippen LogP contribution in [0.1, 0.15) is 56.2 Å². The van der Waals surface area contributed by atoms with Crippen molar-refractivity contribution in [2.24, 2.45) is 4.99 Å². The molecular weight excluding hydrogens is 789 g/mol. The molecule has 2 unspecified atom stereocenters. The Balaban J connectivity index is 2.15. The summed E-state index contributed by atoms with van der Waals surface area (Å²) in [5, 5.41) is 19.6. The van der Waals surface area contributed by atoms with Crippen molar-refractivity contribution in [2.45, 2.75) is 67.1 Å². The lowest BCUT2D eigenvalue weighted by Gasteiger charge is -2.33. The number of rotatable bonds is 19. The van der Waals surface area contributed by atoms with Gasteiger partial charge in [-0.05, 0) is 106 Å². The van der Waals surface area contributed by atoms with Gasteiger partial charge in [0.25, 0.3) is 40.5 Å². The van der Waals surface area contributed by atoms with Crippen molar-refractivity contribution in [3.63, 3.8) is 0 Å². The van der Waals surface area contributed by atoms with Crippen LogP contribution in [-0.4, -0.2) is 106 Å². The van der Waals surface area contributed by atoms with E-state index < -0.39 is 72.6 Å². The van der Waals surface area contributed by atoms with E-state index in [1.165, 1.54) is 36.4 Å². The number of hydrogen-bond donors (Lipinski definition) is 6. The van der Waals surface area contributed by atoms with Crippen LogP contribution in [0, 0.1) is 6.92 Å². The minimum absolute atomic E-state index is 0.0299. The lowest BCUT2D eigenvalue weighted by atomic mass is 9.72. The van der Waals surface area contributed by atoms with E-state index in [0.29, 0.717) is 33.8 Å². The van der Waals surface area contributed by atoms with Gasteiger partial charge in [0.15, 0.2) is 0 Å². The van der Waals surface area contributed by atoms with Crippen LogP contribution in [0.15, 0.2) is 87.3 Å². The maximum Gasteiger partial charge on any atom is 0.294 e. The summed E-state index contributed by atoms with van der Waals surface area (Å²) < 4.78 is 133. The molecule has 16 nitrogen and oxygen atoms in total. The second kappa shape index (κ2) is 17.7. The first-order chi connectivity index (χ1) is 24.9. The van der Waals surface area contributed by atoms with E-state index in [-0.39, 0.29) is 52.0 Å². The van der Waals surface area contributed by atoms with Crippen LogP contribution in [-0.2, 0) is 51.3 Å². The lowest BCUT2D eigenvalue weighted by Crippen LogP contribution is -2.34. The molecule has 2 aromatic rings. The van der Waals surface area contributed by atoms with Crippen LogP contribution in [0.3, 0.4) is 0 Å². The number of nitrogens with zero attached hydrogens (tertiary/aromatic N) is 2. The monoisotopic (exact) mass is 834 g/mol. The van der Waals surface area contributed by atoms with Crippen molar-refractivity contribution < 1.29 is 62.1 Å². The quantitative estimate of drug-likeness (QED) is 0.0673. The number of benzene rings is 2. The average molecular weight is 835 g/mol. The molecule has 0 bridgehead atoms. The predicted molar refractivity (Wildman–Crippen MR) is 203 cm³/mol. The van der Waals surface area contributed by atoms with Gasteiger partial charge in [-0.2, -0.15) is 33.7 Å². The summed E-state index contributed by atoms with van der Waals surface area (Å²) in [6.07, 6.45) is 8.03. The minimum atomic E-state index is -4.64. The van der Waals surface area contributed by atoms with Crippen LogP contribution in [0.2, 0.25) is 0 Å². The summed E-state index contributed by atoms with van der Waals surface area (Å²) in [4.78, 5) is 5.43. The number of allylic oxidation sites excluding steroid dienone is 6.